The van der Waals surface area contributed by atoms with Crippen LogP contribution in [0.4, 0.5) is 23.1 Å². The average molecular weight is 1300 g/mol. The van der Waals surface area contributed by atoms with E-state index in [9.17, 15) is 15.3 Å². The Morgan fingerprint density at radius 2 is 0.760 bits per heavy atom. The molecule has 18 heteroatoms. The fraction of sp³-hybridized carbons (Fsp3) is 0.346. The van der Waals surface area contributed by atoms with Crippen molar-refractivity contribution in [2.45, 2.75) is 79.0 Å². The van der Waals surface area contributed by atoms with Crippen molar-refractivity contribution in [1.82, 2.24) is 40.3 Å². The van der Waals surface area contributed by atoms with Crippen LogP contribution in [0.2, 0.25) is 0 Å². The smallest absolute Gasteiger partial charge is 0.162 e. The van der Waals surface area contributed by atoms with E-state index in [4.69, 9.17) is 14.2 Å². The molecule has 0 spiro atoms. The molecule has 1 atom stereocenters. The number of phenolic OH excluding ortho intramolecular Hbond substituents is 3. The summed E-state index contributed by atoms with van der Waals surface area (Å²) in [7, 11) is 4.81. The zero-order valence-corrected chi connectivity index (χ0v) is 56.7. The maximum Gasteiger partial charge on any atom is 0.162 e. The fourth-order valence-electron chi connectivity index (χ4n) is 12.3. The van der Waals surface area contributed by atoms with Gasteiger partial charge >= 0.3 is 0 Å². The molecule has 3 aromatic heterocycles. The van der Waals surface area contributed by atoms with Crippen LogP contribution in [0.15, 0.2) is 188 Å². The Labute approximate surface area is 567 Å². The minimum Gasteiger partial charge on any atom is -0.504 e. The van der Waals surface area contributed by atoms with Crippen molar-refractivity contribution in [3.05, 3.63) is 244 Å². The monoisotopic (exact) mass is 1300 g/mol. The molecule has 6 heterocycles. The van der Waals surface area contributed by atoms with Crippen LogP contribution in [-0.4, -0.2) is 151 Å². The first-order valence-electron chi connectivity index (χ1n) is 33.5. The molecular weight excluding hydrogens is 1200 g/mol. The number of piperazine rings is 3. The third-order valence-corrected chi connectivity index (χ3v) is 17.9. The Hall–Kier alpha value is -9.43. The third kappa shape index (κ3) is 20.3. The van der Waals surface area contributed by atoms with E-state index in [1.807, 2.05) is 79.3 Å². The predicted molar refractivity (Wildman–Crippen MR) is 386 cm³/mol. The predicted octanol–water partition coefficient (Wildman–Crippen LogP) is 11.6. The fourth-order valence-corrected chi connectivity index (χ4v) is 12.3. The lowest BCUT2D eigenvalue weighted by Gasteiger charge is -2.35. The summed E-state index contributed by atoms with van der Waals surface area (Å²) in [5.74, 6) is 5.37. The molecule has 3 fully saturated rings. The Morgan fingerprint density at radius 1 is 0.396 bits per heavy atom. The molecule has 504 valence electrons. The van der Waals surface area contributed by atoms with E-state index < -0.39 is 0 Å². The van der Waals surface area contributed by atoms with Gasteiger partial charge < -0.3 is 60.2 Å². The van der Waals surface area contributed by atoms with E-state index in [0.29, 0.717) is 56.0 Å². The van der Waals surface area contributed by atoms with E-state index in [1.165, 1.54) is 22.3 Å². The van der Waals surface area contributed by atoms with Gasteiger partial charge in [-0.15, -0.1) is 0 Å². The van der Waals surface area contributed by atoms with Crippen LogP contribution in [0.3, 0.4) is 0 Å². The van der Waals surface area contributed by atoms with Crippen LogP contribution in [0, 0.1) is 13.8 Å². The standard InChI is InChI=1S/C27H34N4O2.C26H32N4O2.C25H30N4O2/c1-21(16-22-8-4-3-5-9-22)29-19-23-17-24(27(32)25(18-23)33-2)20-30-12-14-31(15-13-30)26-10-6-7-11-28-26;1-20-6-8-21(9-7-20)17-27-18-22-15-23(26(31)24(16-22)32-2)19-29-11-13-30(14-12-29)25-5-3-4-10-28-25;1-19-6-8-22(9-7-19)27-17-20-15-21(25(30)23(16-20)31-2)18-28-11-13-29(14-12-28)24-5-3-4-10-26-24/h3-11,17-18,21,29,32H,12-16,19-20H2,1-2H3;3-10,15-16,27,31H,11-14,17-19H2,1-2H3;3-10,15-16,27,30H,11-14,17-18H2,1-2H3. The number of phenols is 3. The molecule has 3 aliphatic rings. The van der Waals surface area contributed by atoms with E-state index in [0.717, 1.165) is 155 Å². The second-order valence-corrected chi connectivity index (χ2v) is 25.1. The van der Waals surface area contributed by atoms with Gasteiger partial charge in [0.15, 0.2) is 34.5 Å². The highest BCUT2D eigenvalue weighted by molar-refractivity contribution is 5.53. The Bertz CT molecular complexity index is 3780. The molecule has 0 amide bonds. The molecular formula is C78H96N12O6. The number of ether oxygens (including phenoxy) is 3. The van der Waals surface area contributed by atoms with E-state index in [2.05, 4.69) is 190 Å². The zero-order chi connectivity index (χ0) is 67.0. The summed E-state index contributed by atoms with van der Waals surface area (Å²) >= 11 is 0. The zero-order valence-electron chi connectivity index (χ0n) is 56.7. The van der Waals surface area contributed by atoms with Crippen molar-refractivity contribution in [2.75, 3.05) is 120 Å². The van der Waals surface area contributed by atoms with E-state index >= 15 is 0 Å². The third-order valence-electron chi connectivity index (χ3n) is 17.9. The molecule has 0 saturated carbocycles. The van der Waals surface area contributed by atoms with Gasteiger partial charge in [0, 0.05) is 171 Å². The molecule has 6 aromatic carbocycles. The molecule has 0 aliphatic carbocycles. The molecule has 9 aromatic rings. The van der Waals surface area contributed by atoms with Gasteiger partial charge in [-0.1, -0.05) is 96.1 Å². The SMILES string of the molecule is COc1cc(CNC(C)Cc2ccccc2)cc(CN2CCN(c3ccccn3)CC2)c1O.COc1cc(CNCc2ccc(C)cc2)cc(CN2CCN(c3ccccn3)CC2)c1O.COc1cc(CNc2ccc(C)cc2)cc(CN2CCN(c3ccccn3)CC2)c1O. The maximum atomic E-state index is 10.8. The topological polar surface area (TPSA) is 183 Å². The normalized spacial score (nSPS) is 14.8. The van der Waals surface area contributed by atoms with Gasteiger partial charge in [0.2, 0.25) is 0 Å². The molecule has 6 N–H and O–H groups in total. The van der Waals surface area contributed by atoms with Crippen molar-refractivity contribution in [3.63, 3.8) is 0 Å². The molecule has 3 saturated heterocycles. The Kier molecular flexibility index (Phi) is 25.6. The molecule has 18 nitrogen and oxygen atoms in total. The summed E-state index contributed by atoms with van der Waals surface area (Å²) in [4.78, 5) is 27.4. The minimum atomic E-state index is 0.230. The highest BCUT2D eigenvalue weighted by atomic mass is 16.5. The number of hydrogen-bond acceptors (Lipinski definition) is 18. The van der Waals surface area contributed by atoms with Crippen molar-refractivity contribution in [3.8, 4) is 34.5 Å². The highest BCUT2D eigenvalue weighted by Crippen LogP contribution is 2.36. The number of nitrogens with one attached hydrogen (secondary N) is 3. The lowest BCUT2D eigenvalue weighted by molar-refractivity contribution is 0.245. The van der Waals surface area contributed by atoms with Gasteiger partial charge in [0.25, 0.3) is 0 Å². The lowest BCUT2D eigenvalue weighted by Crippen LogP contribution is -2.46. The molecule has 3 aliphatic heterocycles. The van der Waals surface area contributed by atoms with Crippen LogP contribution in [0.1, 0.15) is 62.6 Å². The Balaban J connectivity index is 0.000000157. The summed E-state index contributed by atoms with van der Waals surface area (Å²) in [6.07, 6.45) is 6.49. The van der Waals surface area contributed by atoms with Gasteiger partial charge in [0.1, 0.15) is 17.5 Å². The summed E-state index contributed by atoms with van der Waals surface area (Å²) < 4.78 is 16.4. The molecule has 1 unspecified atom stereocenters. The Morgan fingerprint density at radius 3 is 1.15 bits per heavy atom. The number of benzene rings is 6. The molecule has 96 heavy (non-hydrogen) atoms. The van der Waals surface area contributed by atoms with Gasteiger partial charge in [-0.3, -0.25) is 14.7 Å². The summed E-state index contributed by atoms with van der Waals surface area (Å²) in [5.41, 5.74) is 12.2. The number of aromatic hydroxyl groups is 3. The van der Waals surface area contributed by atoms with Crippen LogP contribution in [0.25, 0.3) is 0 Å². The number of aromatic nitrogens is 3. The number of anilines is 4. The number of methoxy groups -OCH3 is 3. The number of hydrogen-bond donors (Lipinski definition) is 6. The first-order chi connectivity index (χ1) is 46.9. The number of nitrogens with zero attached hydrogens (tertiary/aromatic N) is 9. The van der Waals surface area contributed by atoms with Crippen LogP contribution in [0.5, 0.6) is 34.5 Å². The summed E-state index contributed by atoms with van der Waals surface area (Å²) in [5, 5.41) is 42.7. The second kappa shape index (κ2) is 35.4. The largest absolute Gasteiger partial charge is 0.504 e. The minimum absolute atomic E-state index is 0.230. The first kappa shape index (κ1) is 69.4. The summed E-state index contributed by atoms with van der Waals surface area (Å²) in [6.45, 7) is 22.5. The molecule has 0 bridgehead atoms. The van der Waals surface area contributed by atoms with Crippen LogP contribution < -0.4 is 44.9 Å². The van der Waals surface area contributed by atoms with Gasteiger partial charge in [0.05, 0.1) is 21.3 Å². The number of rotatable bonds is 24. The highest BCUT2D eigenvalue weighted by Gasteiger charge is 2.24. The second-order valence-electron chi connectivity index (χ2n) is 25.1. The number of pyridine rings is 3. The van der Waals surface area contributed by atoms with Gasteiger partial charge in [-0.25, -0.2) is 15.0 Å². The van der Waals surface area contributed by atoms with Gasteiger partial charge in [-0.2, -0.15) is 0 Å². The van der Waals surface area contributed by atoms with Crippen molar-refractivity contribution in [2.24, 2.45) is 0 Å². The number of aryl methyl sites for hydroxylation is 2. The quantitative estimate of drug-likeness (QED) is 0.0336. The molecule has 0 radical (unpaired) electrons. The van der Waals surface area contributed by atoms with Crippen LogP contribution >= 0.6 is 0 Å². The van der Waals surface area contributed by atoms with E-state index in [1.54, 1.807) is 21.3 Å². The lowest BCUT2D eigenvalue weighted by atomic mass is 10.1. The molecule has 12 rings (SSSR count). The first-order valence-corrected chi connectivity index (χ1v) is 33.5. The van der Waals surface area contributed by atoms with Crippen molar-refractivity contribution < 1.29 is 29.5 Å². The van der Waals surface area contributed by atoms with Crippen molar-refractivity contribution >= 4 is 23.1 Å². The maximum absolute atomic E-state index is 10.8. The summed E-state index contributed by atoms with van der Waals surface area (Å²) in [6, 6.07) is 57.9. The van der Waals surface area contributed by atoms with Crippen molar-refractivity contribution in [1.29, 1.82) is 0 Å². The van der Waals surface area contributed by atoms with E-state index in [-0.39, 0.29) is 17.2 Å². The van der Waals surface area contributed by atoms with Gasteiger partial charge in [-0.05, 0) is 140 Å². The average Bonchev–Trinajstić information content (AvgIpc) is 3.45. The van der Waals surface area contributed by atoms with Crippen LogP contribution in [-0.2, 0) is 52.2 Å².